The minimum atomic E-state index is -0.699. The largest absolute Gasteiger partial charge is 0.465 e. The third-order valence-corrected chi connectivity index (χ3v) is 5.81. The lowest BCUT2D eigenvalue weighted by Crippen LogP contribution is -2.31. The molecule has 1 aromatic heterocycles. The first-order valence-electron chi connectivity index (χ1n) is 7.05. The molecule has 3 rings (SSSR count). The Morgan fingerprint density at radius 1 is 1.45 bits per heavy atom. The van der Waals surface area contributed by atoms with Gasteiger partial charge in [-0.3, -0.25) is 14.4 Å². The van der Waals surface area contributed by atoms with E-state index in [9.17, 15) is 14.4 Å². The molecule has 1 aromatic rings. The maximum atomic E-state index is 12.3. The van der Waals surface area contributed by atoms with Gasteiger partial charge in [-0.05, 0) is 6.92 Å². The molecule has 3 atom stereocenters. The molecule has 0 saturated heterocycles. The molecule has 0 N–H and O–H groups in total. The molecule has 1 aliphatic heterocycles. The van der Waals surface area contributed by atoms with Gasteiger partial charge in [-0.2, -0.15) is 0 Å². The van der Waals surface area contributed by atoms with Crippen molar-refractivity contribution in [1.29, 1.82) is 0 Å². The van der Waals surface area contributed by atoms with Gasteiger partial charge < -0.3 is 14.2 Å². The van der Waals surface area contributed by atoms with Crippen molar-refractivity contribution in [2.24, 2.45) is 5.92 Å². The Bertz CT molecular complexity index is 684. The average molecular weight is 323 g/mol. The highest BCUT2D eigenvalue weighted by atomic mass is 32.2. The zero-order chi connectivity index (χ0) is 16.2. The van der Waals surface area contributed by atoms with Crippen LogP contribution in [0.5, 0.6) is 0 Å². The number of hydrogen-bond donors (Lipinski definition) is 0. The second kappa shape index (κ2) is 4.84. The van der Waals surface area contributed by atoms with Gasteiger partial charge in [-0.15, -0.1) is 0 Å². The number of likely N-dealkylation sites (N-methyl/N-ethyl adjacent to an activating group) is 1. The molecule has 0 bridgehead atoms. The summed E-state index contributed by atoms with van der Waals surface area (Å²) in [5.41, 5.74) is 0.238. The summed E-state index contributed by atoms with van der Waals surface area (Å²) >= 11 is 1.33. The lowest BCUT2D eigenvalue weighted by atomic mass is 10.2. The van der Waals surface area contributed by atoms with E-state index in [0.29, 0.717) is 11.8 Å². The number of rotatable bonds is 4. The minimum absolute atomic E-state index is 0.0410. The number of thioether (sulfide) groups is 1. The molecular formula is C14H17N3O4S. The monoisotopic (exact) mass is 323 g/mol. The second-order valence-electron chi connectivity index (χ2n) is 5.67. The number of ketones is 1. The van der Waals surface area contributed by atoms with Crippen LogP contribution in [-0.2, 0) is 14.3 Å². The van der Waals surface area contributed by atoms with Crippen LogP contribution in [0, 0.1) is 5.92 Å². The number of carbonyl (C=O) groups excluding carboxylic acids is 3. The van der Waals surface area contributed by atoms with Crippen LogP contribution in [0.4, 0.5) is 0 Å². The summed E-state index contributed by atoms with van der Waals surface area (Å²) < 4.78 is 6.19. The highest BCUT2D eigenvalue weighted by Gasteiger charge is 2.75. The Hall–Kier alpha value is -1.83. The third kappa shape index (κ3) is 1.76. The summed E-state index contributed by atoms with van der Waals surface area (Å²) in [6.45, 7) is 4.02. The van der Waals surface area contributed by atoms with E-state index in [-0.39, 0.29) is 23.6 Å². The molecule has 8 heteroatoms. The van der Waals surface area contributed by atoms with Gasteiger partial charge in [-0.1, -0.05) is 18.7 Å². The van der Waals surface area contributed by atoms with E-state index in [4.69, 9.17) is 4.74 Å². The summed E-state index contributed by atoms with van der Waals surface area (Å²) in [7, 11) is 3.05. The molecule has 7 nitrogen and oxygen atoms in total. The molecule has 118 valence electrons. The molecule has 2 aliphatic rings. The molecular weight excluding hydrogens is 306 g/mol. The van der Waals surface area contributed by atoms with Crippen LogP contribution in [0.1, 0.15) is 30.4 Å². The van der Waals surface area contributed by atoms with Crippen molar-refractivity contribution in [3.05, 3.63) is 11.9 Å². The highest BCUT2D eigenvalue weighted by Crippen LogP contribution is 2.70. The minimum Gasteiger partial charge on any atom is -0.465 e. The fraction of sp³-hybridized carbons (Fsp3) is 0.571. The molecule has 1 saturated carbocycles. The third-order valence-electron chi connectivity index (χ3n) is 4.21. The molecule has 1 amide bonds. The molecule has 0 radical (unpaired) electrons. The van der Waals surface area contributed by atoms with Gasteiger partial charge >= 0.3 is 5.97 Å². The second-order valence-corrected chi connectivity index (χ2v) is 6.92. The van der Waals surface area contributed by atoms with Gasteiger partial charge in [0.05, 0.1) is 18.8 Å². The molecule has 2 heterocycles. The van der Waals surface area contributed by atoms with Crippen LogP contribution in [0.15, 0.2) is 11.4 Å². The van der Waals surface area contributed by atoms with Gasteiger partial charge in [-0.25, -0.2) is 4.98 Å². The molecule has 22 heavy (non-hydrogen) atoms. The van der Waals surface area contributed by atoms with Gasteiger partial charge in [0, 0.05) is 20.0 Å². The normalized spacial score (nSPS) is 27.8. The predicted octanol–water partition coefficient (Wildman–Crippen LogP) is 0.752. The number of Topliss-reactive ketones (excluding diaryl/α,β-unsaturated/α-hetero) is 1. The molecule has 0 aromatic carbocycles. The van der Waals surface area contributed by atoms with Crippen molar-refractivity contribution in [3.63, 3.8) is 0 Å². The summed E-state index contributed by atoms with van der Waals surface area (Å²) in [4.78, 5) is 41.9. The van der Waals surface area contributed by atoms with E-state index in [1.165, 1.54) is 37.0 Å². The first-order valence-corrected chi connectivity index (χ1v) is 7.87. The SMILES string of the molecule is CCOC(=O)C12Sc3ncc(C(=O)C(=O)N(C)C)n3C1C2C. The molecule has 0 spiro atoms. The van der Waals surface area contributed by atoms with E-state index in [2.05, 4.69) is 4.98 Å². The zero-order valence-corrected chi connectivity index (χ0v) is 13.6. The van der Waals surface area contributed by atoms with Crippen molar-refractivity contribution in [2.75, 3.05) is 20.7 Å². The number of amides is 1. The van der Waals surface area contributed by atoms with E-state index in [1.54, 1.807) is 11.5 Å². The van der Waals surface area contributed by atoms with Crippen molar-refractivity contribution < 1.29 is 19.1 Å². The Balaban J connectivity index is 1.94. The Morgan fingerprint density at radius 2 is 2.14 bits per heavy atom. The number of carbonyl (C=O) groups is 3. The lowest BCUT2D eigenvalue weighted by Gasteiger charge is -2.10. The fourth-order valence-corrected chi connectivity index (χ4v) is 4.53. The van der Waals surface area contributed by atoms with Crippen molar-refractivity contribution in [2.45, 2.75) is 29.8 Å². The molecule has 1 fully saturated rings. The van der Waals surface area contributed by atoms with Gasteiger partial charge in [0.2, 0.25) is 0 Å². The molecule has 3 unspecified atom stereocenters. The van der Waals surface area contributed by atoms with E-state index < -0.39 is 16.4 Å². The number of nitrogens with zero attached hydrogens (tertiary/aromatic N) is 3. The van der Waals surface area contributed by atoms with Crippen molar-refractivity contribution in [1.82, 2.24) is 14.5 Å². The summed E-state index contributed by atoms with van der Waals surface area (Å²) in [6.07, 6.45) is 1.41. The van der Waals surface area contributed by atoms with E-state index in [1.807, 2.05) is 6.92 Å². The predicted molar refractivity (Wildman–Crippen MR) is 78.7 cm³/mol. The number of imidazole rings is 1. The number of aromatic nitrogens is 2. The molecule has 1 aliphatic carbocycles. The van der Waals surface area contributed by atoms with Crippen LogP contribution in [0.3, 0.4) is 0 Å². The lowest BCUT2D eigenvalue weighted by molar-refractivity contribution is -0.143. The van der Waals surface area contributed by atoms with Crippen LogP contribution in [-0.4, -0.2) is 57.6 Å². The van der Waals surface area contributed by atoms with E-state index >= 15 is 0 Å². The van der Waals surface area contributed by atoms with Gasteiger partial charge in [0.15, 0.2) is 5.16 Å². The van der Waals surface area contributed by atoms with Crippen LogP contribution in [0.25, 0.3) is 0 Å². The fourth-order valence-electron chi connectivity index (χ4n) is 2.99. The van der Waals surface area contributed by atoms with Crippen molar-refractivity contribution >= 4 is 29.4 Å². The highest BCUT2D eigenvalue weighted by molar-refractivity contribution is 8.01. The van der Waals surface area contributed by atoms with Crippen LogP contribution >= 0.6 is 11.8 Å². The quantitative estimate of drug-likeness (QED) is 0.462. The smallest absolute Gasteiger partial charge is 0.325 e. The Labute approximate surface area is 132 Å². The first-order chi connectivity index (χ1) is 10.4. The summed E-state index contributed by atoms with van der Waals surface area (Å²) in [5, 5.41) is 0.589. The van der Waals surface area contributed by atoms with Crippen LogP contribution < -0.4 is 0 Å². The Kier molecular flexibility index (Phi) is 3.32. The van der Waals surface area contributed by atoms with Crippen LogP contribution in [0.2, 0.25) is 0 Å². The zero-order valence-electron chi connectivity index (χ0n) is 12.8. The standard InChI is InChI=1S/C14H17N3O4S/c1-5-21-12(20)14-7(2)10(14)17-8(6-15-13(17)22-14)9(18)11(19)16(3)4/h6-7,10H,5H2,1-4H3. The number of ether oxygens (including phenoxy) is 1. The van der Waals surface area contributed by atoms with Crippen molar-refractivity contribution in [3.8, 4) is 0 Å². The first kappa shape index (κ1) is 15.1. The number of hydrogen-bond acceptors (Lipinski definition) is 6. The van der Waals surface area contributed by atoms with Gasteiger partial charge in [0.1, 0.15) is 10.4 Å². The average Bonchev–Trinajstić information content (AvgIpc) is 2.81. The number of fused-ring (bicyclic) bond motifs is 3. The Morgan fingerprint density at radius 3 is 2.73 bits per heavy atom. The topological polar surface area (TPSA) is 81.5 Å². The summed E-state index contributed by atoms with van der Waals surface area (Å²) in [6, 6.07) is -0.178. The van der Waals surface area contributed by atoms with E-state index in [0.717, 1.165) is 0 Å². The van der Waals surface area contributed by atoms with Gasteiger partial charge in [0.25, 0.3) is 11.7 Å². The maximum Gasteiger partial charge on any atom is 0.325 e. The summed E-state index contributed by atoms with van der Waals surface area (Å²) in [5.74, 6) is -1.45. The maximum absolute atomic E-state index is 12.3. The number of esters is 1.